The third kappa shape index (κ3) is 4.41. The highest BCUT2D eigenvalue weighted by atomic mass is 16.7. The molecule has 7 fully saturated rings. The fourth-order valence-corrected chi connectivity index (χ4v) is 13.9. The number of ether oxygens (including phenoxy) is 4. The summed E-state index contributed by atoms with van der Waals surface area (Å²) in [6.45, 7) is 16.2. The summed E-state index contributed by atoms with van der Waals surface area (Å²) in [5.41, 5.74) is 0.787. The van der Waals surface area contributed by atoms with Crippen molar-refractivity contribution >= 4 is 5.97 Å². The Kier molecular flexibility index (Phi) is 8.18. The second kappa shape index (κ2) is 11.1. The van der Waals surface area contributed by atoms with Crippen LogP contribution in [0.1, 0.15) is 113 Å². The molecule has 7 rings (SSSR count). The molecule has 11 heteroatoms. The molecule has 2 spiro atoms. The molecule has 0 amide bonds. The van der Waals surface area contributed by atoms with Gasteiger partial charge in [-0.15, -0.1) is 0 Å². The fourth-order valence-electron chi connectivity index (χ4n) is 13.9. The molecular formula is C37H61NO10. The van der Waals surface area contributed by atoms with Crippen LogP contribution in [0.25, 0.3) is 0 Å². The van der Waals surface area contributed by atoms with Gasteiger partial charge in [-0.3, -0.25) is 4.79 Å². The predicted octanol–water partition coefficient (Wildman–Crippen LogP) is 3.46. The molecule has 0 radical (unpaired) electrons. The van der Waals surface area contributed by atoms with Crippen molar-refractivity contribution in [1.82, 2.24) is 5.48 Å². The minimum absolute atomic E-state index is 0.000504. The summed E-state index contributed by atoms with van der Waals surface area (Å²) in [4.78, 5) is 12.1. The molecule has 0 aromatic carbocycles. The van der Waals surface area contributed by atoms with Crippen molar-refractivity contribution in [3.63, 3.8) is 0 Å². The van der Waals surface area contributed by atoms with Gasteiger partial charge in [0, 0.05) is 6.92 Å². The number of hydrogen-bond acceptors (Lipinski definition) is 11. The first-order chi connectivity index (χ1) is 22.3. The zero-order valence-electron chi connectivity index (χ0n) is 30.2. The molecule has 274 valence electrons. The van der Waals surface area contributed by atoms with E-state index < -0.39 is 53.9 Å². The predicted molar refractivity (Wildman–Crippen MR) is 173 cm³/mol. The quantitative estimate of drug-likeness (QED) is 0.138. The van der Waals surface area contributed by atoms with Crippen LogP contribution in [0.15, 0.2) is 0 Å². The number of rotatable bonds is 6. The van der Waals surface area contributed by atoms with Gasteiger partial charge >= 0.3 is 5.97 Å². The summed E-state index contributed by atoms with van der Waals surface area (Å²) >= 11 is 0. The molecule has 5 aliphatic carbocycles. The van der Waals surface area contributed by atoms with Crippen molar-refractivity contribution in [2.24, 2.45) is 44.8 Å². The van der Waals surface area contributed by atoms with Gasteiger partial charge in [-0.2, -0.15) is 5.48 Å². The van der Waals surface area contributed by atoms with Crippen LogP contribution in [0, 0.1) is 44.8 Å². The van der Waals surface area contributed by atoms with Gasteiger partial charge < -0.3 is 44.6 Å². The minimum atomic E-state index is -1.30. The molecule has 0 aromatic rings. The van der Waals surface area contributed by atoms with Crippen LogP contribution < -0.4 is 5.48 Å². The summed E-state index contributed by atoms with van der Waals surface area (Å²) in [7, 11) is 0. The monoisotopic (exact) mass is 679 g/mol. The van der Waals surface area contributed by atoms with Crippen LogP contribution in [0.5, 0.6) is 0 Å². The Bertz CT molecular complexity index is 1290. The Morgan fingerprint density at radius 1 is 0.979 bits per heavy atom. The SMILES string of the molecule is CC(=O)OC(C1CC(C)C2(NO)C(CC3(C)C4CCC5C(C)(C)C(OC6OCC(O)C(O)C6O)CCC56CC46CCC32C)O1)C(C)(C)O. The highest BCUT2D eigenvalue weighted by molar-refractivity contribution is 5.66. The molecule has 0 aromatic heterocycles. The van der Waals surface area contributed by atoms with E-state index in [0.717, 1.165) is 44.9 Å². The number of nitrogens with one attached hydrogen (secondary N) is 1. The summed E-state index contributed by atoms with van der Waals surface area (Å²) in [5, 5.41) is 53.1. The molecule has 2 saturated heterocycles. The third-order valence-corrected chi connectivity index (χ3v) is 16.3. The average Bonchev–Trinajstić information content (AvgIpc) is 3.61. The van der Waals surface area contributed by atoms with Gasteiger partial charge in [-0.25, -0.2) is 0 Å². The normalized spacial score (nSPS) is 54.5. The Morgan fingerprint density at radius 2 is 1.65 bits per heavy atom. The number of fused-ring (bicyclic) bond motifs is 4. The van der Waals surface area contributed by atoms with Gasteiger partial charge in [0.25, 0.3) is 0 Å². The Morgan fingerprint density at radius 3 is 2.29 bits per heavy atom. The first kappa shape index (κ1) is 35.5. The number of aliphatic hydroxyl groups excluding tert-OH is 3. The Hall–Kier alpha value is -0.890. The van der Waals surface area contributed by atoms with Crippen molar-refractivity contribution in [3.05, 3.63) is 0 Å². The highest BCUT2D eigenvalue weighted by Crippen LogP contribution is 2.89. The molecule has 2 aliphatic heterocycles. The summed E-state index contributed by atoms with van der Waals surface area (Å²) < 4.78 is 24.7. The molecule has 2 heterocycles. The lowest BCUT2D eigenvalue weighted by atomic mass is 9.40. The molecule has 5 saturated carbocycles. The number of esters is 1. The minimum Gasteiger partial charge on any atom is -0.457 e. The maximum Gasteiger partial charge on any atom is 0.303 e. The maximum atomic E-state index is 12.1. The van der Waals surface area contributed by atoms with E-state index in [1.165, 1.54) is 13.3 Å². The number of carbonyl (C=O) groups is 1. The molecule has 6 N–H and O–H groups in total. The van der Waals surface area contributed by atoms with Crippen LogP contribution in [0.2, 0.25) is 0 Å². The first-order valence-corrected chi connectivity index (χ1v) is 18.5. The molecule has 7 aliphatic rings. The summed E-state index contributed by atoms with van der Waals surface area (Å²) in [6.07, 6.45) is 2.17. The lowest BCUT2D eigenvalue weighted by Crippen LogP contribution is -2.71. The zero-order valence-corrected chi connectivity index (χ0v) is 30.2. The lowest BCUT2D eigenvalue weighted by molar-refractivity contribution is -0.303. The van der Waals surface area contributed by atoms with Crippen LogP contribution in [-0.4, -0.2) is 98.4 Å². The maximum absolute atomic E-state index is 12.1. The second-order valence-electron chi connectivity index (χ2n) is 18.8. The van der Waals surface area contributed by atoms with E-state index in [2.05, 4.69) is 40.1 Å². The van der Waals surface area contributed by atoms with Gasteiger partial charge in [-0.1, -0.05) is 34.6 Å². The van der Waals surface area contributed by atoms with Crippen LogP contribution in [0.4, 0.5) is 0 Å². The number of hydroxylamine groups is 1. The van der Waals surface area contributed by atoms with Crippen molar-refractivity contribution in [1.29, 1.82) is 0 Å². The van der Waals surface area contributed by atoms with E-state index >= 15 is 0 Å². The highest BCUT2D eigenvalue weighted by Gasteiger charge is 2.85. The van der Waals surface area contributed by atoms with E-state index in [1.807, 2.05) is 0 Å². The van der Waals surface area contributed by atoms with Gasteiger partial charge in [-0.05, 0) is 116 Å². The topological polar surface area (TPSA) is 167 Å². The Labute approximate surface area is 285 Å². The standard InChI is InChI=1S/C37H61NO10/c1-19-15-22(29(32(5,6)43)46-20(2)39)47-26-16-33(7)24-10-9-23-31(3,4)25(48-30-28(42)27(41)21(40)17-45-30)11-12-35(23)18-36(24,35)14-13-34(33,8)37(19,26)38-44/h19,21-30,38,40-44H,9-18H2,1-8H3. The summed E-state index contributed by atoms with van der Waals surface area (Å²) in [5.74, 6) is 0.445. The van der Waals surface area contributed by atoms with E-state index in [0.29, 0.717) is 18.3 Å². The fraction of sp³-hybridized carbons (Fsp3) is 0.973. The van der Waals surface area contributed by atoms with Gasteiger partial charge in [0.1, 0.15) is 18.3 Å². The van der Waals surface area contributed by atoms with Crippen molar-refractivity contribution in [2.45, 2.75) is 173 Å². The molecule has 48 heavy (non-hydrogen) atoms. The van der Waals surface area contributed by atoms with Crippen molar-refractivity contribution in [3.8, 4) is 0 Å². The second-order valence-corrected chi connectivity index (χ2v) is 18.8. The van der Waals surface area contributed by atoms with Crippen LogP contribution in [0.3, 0.4) is 0 Å². The molecule has 11 nitrogen and oxygen atoms in total. The van der Waals surface area contributed by atoms with Crippen LogP contribution >= 0.6 is 0 Å². The van der Waals surface area contributed by atoms with Crippen molar-refractivity contribution in [2.75, 3.05) is 6.61 Å². The largest absolute Gasteiger partial charge is 0.457 e. The van der Waals surface area contributed by atoms with Gasteiger partial charge in [0.05, 0.1) is 36.1 Å². The molecule has 0 bridgehead atoms. The average molecular weight is 680 g/mol. The zero-order chi connectivity index (χ0) is 35.0. The van der Waals surface area contributed by atoms with E-state index in [1.54, 1.807) is 13.8 Å². The third-order valence-electron chi connectivity index (χ3n) is 16.3. The molecular weight excluding hydrogens is 618 g/mol. The van der Waals surface area contributed by atoms with Gasteiger partial charge in [0.2, 0.25) is 0 Å². The molecule has 16 unspecified atom stereocenters. The number of hydrogen-bond donors (Lipinski definition) is 6. The smallest absolute Gasteiger partial charge is 0.303 e. The van der Waals surface area contributed by atoms with Crippen molar-refractivity contribution < 1.29 is 49.4 Å². The Balaban J connectivity index is 1.16. The van der Waals surface area contributed by atoms with E-state index in [-0.39, 0.29) is 51.8 Å². The van der Waals surface area contributed by atoms with Gasteiger partial charge in [0.15, 0.2) is 12.4 Å². The molecule has 16 atom stereocenters. The number of aliphatic hydroxyl groups is 4. The lowest BCUT2D eigenvalue weighted by Gasteiger charge is -2.65. The van der Waals surface area contributed by atoms with E-state index in [9.17, 15) is 30.4 Å². The summed E-state index contributed by atoms with van der Waals surface area (Å²) in [6, 6.07) is 0. The van der Waals surface area contributed by atoms with E-state index in [4.69, 9.17) is 18.9 Å². The van der Waals surface area contributed by atoms with Crippen LogP contribution in [-0.2, 0) is 23.7 Å². The number of carbonyl (C=O) groups excluding carboxylic acids is 1. The first-order valence-electron chi connectivity index (χ1n) is 18.5.